The minimum atomic E-state index is -0.834. The van der Waals surface area contributed by atoms with E-state index in [4.69, 9.17) is 9.47 Å². The number of benzene rings is 3. The first-order valence-corrected chi connectivity index (χ1v) is 13.1. The number of barbiturate groups is 1. The number of carbonyl (C=O) groups excluding carboxylic acids is 4. The monoisotopic (exact) mass is 689 g/mol. The lowest BCUT2D eigenvalue weighted by Crippen LogP contribution is -2.54. The van der Waals surface area contributed by atoms with Crippen molar-refractivity contribution in [2.75, 3.05) is 23.9 Å². The van der Waals surface area contributed by atoms with E-state index in [0.717, 1.165) is 14.9 Å². The summed E-state index contributed by atoms with van der Waals surface area (Å²) in [5, 5.41) is 5.00. The Morgan fingerprint density at radius 2 is 1.82 bits per heavy atom. The van der Waals surface area contributed by atoms with Crippen molar-refractivity contribution >= 4 is 79.7 Å². The Balaban J connectivity index is 1.56. The second kappa shape index (κ2) is 11.8. The molecule has 194 valence electrons. The Morgan fingerprint density at radius 1 is 1.11 bits per heavy atom. The summed E-state index contributed by atoms with van der Waals surface area (Å²) in [4.78, 5) is 51.5. The Morgan fingerprint density at radius 3 is 2.50 bits per heavy atom. The normalized spacial score (nSPS) is 14.4. The summed E-state index contributed by atoms with van der Waals surface area (Å²) in [6, 6.07) is 16.3. The number of hydrogen-bond donors (Lipinski definition) is 2. The van der Waals surface area contributed by atoms with Crippen LogP contribution in [0.5, 0.6) is 11.5 Å². The molecular formula is C27H21BrIN3O6. The topological polar surface area (TPSA) is 114 Å². The van der Waals surface area contributed by atoms with Crippen LogP contribution in [0, 0.1) is 10.5 Å². The standard InChI is InChI=1S/C27H21BrIN3O6/c1-15-5-3-4-6-21(15)30-23(33)14-38-24-20(29)12-16(13-22(24)37-2)11-19-25(34)31-27(36)32(26(19)35)18-9-7-17(28)8-10-18/h3-13H,14H2,1-2H3,(H,30,33)(H,31,34,36)/b19-11+. The summed E-state index contributed by atoms with van der Waals surface area (Å²) in [6.45, 7) is 1.63. The first-order valence-electron chi connectivity index (χ1n) is 11.2. The van der Waals surface area contributed by atoms with Crippen LogP contribution in [-0.2, 0) is 14.4 Å². The maximum absolute atomic E-state index is 13.2. The van der Waals surface area contributed by atoms with Crippen molar-refractivity contribution in [3.05, 3.63) is 85.4 Å². The lowest BCUT2D eigenvalue weighted by atomic mass is 10.1. The lowest BCUT2D eigenvalue weighted by molar-refractivity contribution is -0.122. The third-order valence-corrected chi connectivity index (χ3v) is 6.85. The minimum Gasteiger partial charge on any atom is -0.493 e. The Kier molecular flexibility index (Phi) is 8.47. The van der Waals surface area contributed by atoms with Gasteiger partial charge in [-0.2, -0.15) is 0 Å². The molecule has 1 fully saturated rings. The van der Waals surface area contributed by atoms with E-state index in [0.29, 0.717) is 32.0 Å². The summed E-state index contributed by atoms with van der Waals surface area (Å²) < 4.78 is 12.6. The van der Waals surface area contributed by atoms with Crippen LogP contribution in [-0.4, -0.2) is 37.5 Å². The molecule has 1 saturated heterocycles. The fourth-order valence-electron chi connectivity index (χ4n) is 3.65. The van der Waals surface area contributed by atoms with Crippen LogP contribution >= 0.6 is 38.5 Å². The van der Waals surface area contributed by atoms with E-state index < -0.39 is 17.8 Å². The Hall–Kier alpha value is -3.71. The number of para-hydroxylation sites is 1. The van der Waals surface area contributed by atoms with Gasteiger partial charge in [0.25, 0.3) is 17.7 Å². The van der Waals surface area contributed by atoms with Crippen molar-refractivity contribution in [3.63, 3.8) is 0 Å². The van der Waals surface area contributed by atoms with Crippen LogP contribution in [0.2, 0.25) is 0 Å². The molecule has 5 amide bonds. The van der Waals surface area contributed by atoms with E-state index in [1.54, 1.807) is 42.5 Å². The van der Waals surface area contributed by atoms with Crippen LogP contribution in [0.25, 0.3) is 6.08 Å². The smallest absolute Gasteiger partial charge is 0.335 e. The number of imide groups is 2. The molecule has 0 radical (unpaired) electrons. The van der Waals surface area contributed by atoms with Gasteiger partial charge in [-0.05, 0) is 89.2 Å². The molecule has 0 saturated carbocycles. The van der Waals surface area contributed by atoms with Crippen LogP contribution < -0.4 is 25.0 Å². The van der Waals surface area contributed by atoms with Crippen molar-refractivity contribution in [2.24, 2.45) is 0 Å². The number of amides is 5. The van der Waals surface area contributed by atoms with E-state index >= 15 is 0 Å². The number of urea groups is 1. The van der Waals surface area contributed by atoms with Crippen LogP contribution in [0.4, 0.5) is 16.2 Å². The van der Waals surface area contributed by atoms with Gasteiger partial charge in [0, 0.05) is 10.2 Å². The Labute approximate surface area is 240 Å². The molecule has 0 unspecified atom stereocenters. The van der Waals surface area contributed by atoms with Crippen molar-refractivity contribution in [1.29, 1.82) is 0 Å². The van der Waals surface area contributed by atoms with Gasteiger partial charge in [0.1, 0.15) is 5.57 Å². The highest BCUT2D eigenvalue weighted by Crippen LogP contribution is 2.35. The average Bonchev–Trinajstić information content (AvgIpc) is 2.88. The van der Waals surface area contributed by atoms with Crippen molar-refractivity contribution in [1.82, 2.24) is 5.32 Å². The van der Waals surface area contributed by atoms with E-state index in [1.807, 2.05) is 47.7 Å². The molecule has 3 aromatic carbocycles. The molecule has 3 aromatic rings. The molecule has 38 heavy (non-hydrogen) atoms. The zero-order valence-corrected chi connectivity index (χ0v) is 24.0. The van der Waals surface area contributed by atoms with E-state index in [1.165, 1.54) is 13.2 Å². The number of nitrogens with one attached hydrogen (secondary N) is 2. The molecule has 9 nitrogen and oxygen atoms in total. The Bertz CT molecular complexity index is 1470. The van der Waals surface area contributed by atoms with Gasteiger partial charge in [0.2, 0.25) is 0 Å². The number of nitrogens with zero attached hydrogens (tertiary/aromatic N) is 1. The zero-order chi connectivity index (χ0) is 27.4. The minimum absolute atomic E-state index is 0.225. The molecule has 2 N–H and O–H groups in total. The van der Waals surface area contributed by atoms with Crippen molar-refractivity contribution in [2.45, 2.75) is 6.92 Å². The molecule has 4 rings (SSSR count). The number of methoxy groups -OCH3 is 1. The maximum Gasteiger partial charge on any atom is 0.335 e. The van der Waals surface area contributed by atoms with E-state index in [9.17, 15) is 19.2 Å². The molecule has 11 heteroatoms. The van der Waals surface area contributed by atoms with Gasteiger partial charge in [-0.3, -0.25) is 19.7 Å². The number of aryl methyl sites for hydroxylation is 1. The number of carbonyl (C=O) groups is 4. The molecule has 0 aromatic heterocycles. The van der Waals surface area contributed by atoms with Gasteiger partial charge < -0.3 is 14.8 Å². The third-order valence-electron chi connectivity index (χ3n) is 5.52. The highest BCUT2D eigenvalue weighted by molar-refractivity contribution is 14.1. The zero-order valence-electron chi connectivity index (χ0n) is 20.2. The molecule has 0 spiro atoms. The second-order valence-corrected chi connectivity index (χ2v) is 10.2. The lowest BCUT2D eigenvalue weighted by Gasteiger charge is -2.26. The first kappa shape index (κ1) is 27.3. The van der Waals surface area contributed by atoms with E-state index in [2.05, 4.69) is 26.6 Å². The molecule has 1 aliphatic heterocycles. The summed E-state index contributed by atoms with van der Waals surface area (Å²) in [7, 11) is 1.44. The van der Waals surface area contributed by atoms with Crippen LogP contribution in [0.15, 0.2) is 70.7 Å². The van der Waals surface area contributed by atoms with Crippen molar-refractivity contribution < 1.29 is 28.7 Å². The fraction of sp³-hybridized carbons (Fsp3) is 0.111. The number of ether oxygens (including phenoxy) is 2. The summed E-state index contributed by atoms with van der Waals surface area (Å²) in [5.41, 5.74) is 2.17. The summed E-state index contributed by atoms with van der Waals surface area (Å²) in [5.74, 6) is -1.28. The number of hydrogen-bond acceptors (Lipinski definition) is 6. The molecule has 0 atom stereocenters. The molecule has 0 bridgehead atoms. The fourth-order valence-corrected chi connectivity index (χ4v) is 4.69. The SMILES string of the molecule is COc1cc(/C=C2\C(=O)NC(=O)N(c3ccc(Br)cc3)C2=O)cc(I)c1OCC(=O)Nc1ccccc1C. The largest absolute Gasteiger partial charge is 0.493 e. The molecule has 0 aliphatic carbocycles. The van der Waals surface area contributed by atoms with Crippen molar-refractivity contribution in [3.8, 4) is 11.5 Å². The average molecular weight is 690 g/mol. The quantitative estimate of drug-likeness (QED) is 0.204. The predicted molar refractivity (Wildman–Crippen MR) is 154 cm³/mol. The molecule has 1 aliphatic rings. The first-order chi connectivity index (χ1) is 18.2. The van der Waals surface area contributed by atoms with Gasteiger partial charge in [-0.25, -0.2) is 9.69 Å². The summed E-state index contributed by atoms with van der Waals surface area (Å²) >= 11 is 5.33. The van der Waals surface area contributed by atoms with E-state index in [-0.39, 0.29) is 18.1 Å². The van der Waals surface area contributed by atoms with Crippen LogP contribution in [0.1, 0.15) is 11.1 Å². The van der Waals surface area contributed by atoms with Gasteiger partial charge >= 0.3 is 6.03 Å². The highest BCUT2D eigenvalue weighted by atomic mass is 127. The highest BCUT2D eigenvalue weighted by Gasteiger charge is 2.36. The molecular weight excluding hydrogens is 669 g/mol. The second-order valence-electron chi connectivity index (χ2n) is 8.12. The predicted octanol–water partition coefficient (Wildman–Crippen LogP) is 5.05. The third kappa shape index (κ3) is 6.05. The van der Waals surface area contributed by atoms with Gasteiger partial charge in [0.15, 0.2) is 18.1 Å². The number of rotatable bonds is 7. The molecule has 1 heterocycles. The van der Waals surface area contributed by atoms with Gasteiger partial charge in [0.05, 0.1) is 16.4 Å². The maximum atomic E-state index is 13.2. The van der Waals surface area contributed by atoms with Crippen LogP contribution in [0.3, 0.4) is 0 Å². The number of halogens is 2. The van der Waals surface area contributed by atoms with Gasteiger partial charge in [-0.1, -0.05) is 34.1 Å². The van der Waals surface area contributed by atoms with Gasteiger partial charge in [-0.15, -0.1) is 0 Å². The number of anilines is 2. The summed E-state index contributed by atoms with van der Waals surface area (Å²) in [6.07, 6.45) is 1.37.